The molecule has 10 heteroatoms. The maximum absolute atomic E-state index is 12.5. The molecule has 1 aliphatic rings. The third-order valence-electron chi connectivity index (χ3n) is 4.81. The summed E-state index contributed by atoms with van der Waals surface area (Å²) in [7, 11) is 0. The van der Waals surface area contributed by atoms with Crippen molar-refractivity contribution >= 4 is 34.5 Å². The number of carbonyl (C=O) groups excluding carboxylic acids is 3. The Bertz CT molecular complexity index is 907. The molecule has 2 aromatic rings. The lowest BCUT2D eigenvalue weighted by molar-refractivity contribution is -0.120. The third kappa shape index (κ3) is 6.68. The van der Waals surface area contributed by atoms with E-state index in [-0.39, 0.29) is 24.5 Å². The Hall–Kier alpha value is -3.14. The number of hydrogen-bond acceptors (Lipinski definition) is 6. The largest absolute Gasteiger partial charge is 0.450 e. The number of nitrogens with zero attached hydrogens (tertiary/aromatic N) is 3. The van der Waals surface area contributed by atoms with Crippen molar-refractivity contribution in [2.45, 2.75) is 26.8 Å². The lowest BCUT2D eigenvalue weighted by Gasteiger charge is -2.33. The molecule has 166 valence electrons. The minimum atomic E-state index is -0.354. The van der Waals surface area contributed by atoms with E-state index in [1.165, 1.54) is 16.9 Å². The summed E-state index contributed by atoms with van der Waals surface area (Å²) in [5.74, 6) is -0.126. The number of urea groups is 1. The van der Waals surface area contributed by atoms with E-state index in [0.29, 0.717) is 50.2 Å². The second-order valence-corrected chi connectivity index (χ2v) is 8.04. The Morgan fingerprint density at radius 3 is 2.45 bits per heavy atom. The molecule has 0 radical (unpaired) electrons. The average molecular weight is 446 g/mol. The topological polar surface area (TPSA) is 104 Å². The molecule has 9 nitrogen and oxygen atoms in total. The average Bonchev–Trinajstić information content (AvgIpc) is 3.20. The summed E-state index contributed by atoms with van der Waals surface area (Å²) >= 11 is 1.28. The van der Waals surface area contributed by atoms with Gasteiger partial charge in [-0.3, -0.25) is 10.1 Å². The molecule has 0 atom stereocenters. The maximum Gasteiger partial charge on any atom is 0.409 e. The van der Waals surface area contributed by atoms with Crippen LogP contribution in [-0.2, 0) is 22.5 Å². The smallest absolute Gasteiger partial charge is 0.409 e. The van der Waals surface area contributed by atoms with E-state index in [1.807, 2.05) is 31.2 Å². The predicted molar refractivity (Wildman–Crippen MR) is 118 cm³/mol. The molecule has 1 aromatic carbocycles. The van der Waals surface area contributed by atoms with Crippen molar-refractivity contribution in [2.75, 3.05) is 38.1 Å². The molecule has 2 heterocycles. The highest BCUT2D eigenvalue weighted by Crippen LogP contribution is 2.17. The molecule has 1 aliphatic heterocycles. The van der Waals surface area contributed by atoms with Gasteiger partial charge in [0.25, 0.3) is 0 Å². The molecule has 0 bridgehead atoms. The lowest BCUT2D eigenvalue weighted by atomic mass is 10.1. The number of carbonyl (C=O) groups is 3. The van der Waals surface area contributed by atoms with E-state index < -0.39 is 0 Å². The summed E-state index contributed by atoms with van der Waals surface area (Å²) in [6, 6.07) is 7.71. The first kappa shape index (κ1) is 22.5. The van der Waals surface area contributed by atoms with E-state index in [1.54, 1.807) is 22.1 Å². The first-order chi connectivity index (χ1) is 14.9. The number of ether oxygens (including phenoxy) is 1. The van der Waals surface area contributed by atoms with Crippen LogP contribution in [0.25, 0.3) is 0 Å². The highest BCUT2D eigenvalue weighted by molar-refractivity contribution is 7.13. The van der Waals surface area contributed by atoms with Crippen molar-refractivity contribution in [1.82, 2.24) is 20.1 Å². The first-order valence-corrected chi connectivity index (χ1v) is 11.1. The number of nitrogens with one attached hydrogen (secondary N) is 2. The molecule has 0 aliphatic carbocycles. The quantitative estimate of drug-likeness (QED) is 0.711. The maximum atomic E-state index is 12.5. The van der Waals surface area contributed by atoms with Crippen molar-refractivity contribution in [3.8, 4) is 0 Å². The van der Waals surface area contributed by atoms with Gasteiger partial charge in [-0.2, -0.15) is 0 Å². The zero-order chi connectivity index (χ0) is 22.2. The van der Waals surface area contributed by atoms with Gasteiger partial charge in [0.15, 0.2) is 5.13 Å². The number of thiazole rings is 1. The number of benzene rings is 1. The number of piperazine rings is 1. The Balaban J connectivity index is 1.42. The summed E-state index contributed by atoms with van der Waals surface area (Å²) in [5, 5.41) is 7.85. The van der Waals surface area contributed by atoms with E-state index in [9.17, 15) is 14.4 Å². The van der Waals surface area contributed by atoms with Gasteiger partial charge >= 0.3 is 12.1 Å². The van der Waals surface area contributed by atoms with Gasteiger partial charge in [0, 0.05) is 38.1 Å². The van der Waals surface area contributed by atoms with E-state index in [4.69, 9.17) is 4.74 Å². The Morgan fingerprint density at radius 1 is 1.10 bits per heavy atom. The number of aryl methyl sites for hydroxylation is 1. The number of aromatic nitrogens is 1. The molecular weight excluding hydrogens is 418 g/mol. The van der Waals surface area contributed by atoms with Crippen LogP contribution in [-0.4, -0.2) is 65.6 Å². The molecule has 1 fully saturated rings. The van der Waals surface area contributed by atoms with E-state index in [2.05, 4.69) is 15.6 Å². The second kappa shape index (κ2) is 10.8. The second-order valence-electron chi connectivity index (χ2n) is 7.19. The number of amides is 4. The fourth-order valence-electron chi connectivity index (χ4n) is 3.06. The van der Waals surface area contributed by atoms with Crippen molar-refractivity contribution in [3.05, 3.63) is 46.5 Å². The summed E-state index contributed by atoms with van der Waals surface area (Å²) in [5.41, 5.74) is 2.81. The Labute approximate surface area is 185 Å². The zero-order valence-corrected chi connectivity index (χ0v) is 18.5. The highest BCUT2D eigenvalue weighted by atomic mass is 32.1. The minimum absolute atomic E-state index is 0.126. The molecule has 0 spiro atoms. The molecule has 31 heavy (non-hydrogen) atoms. The van der Waals surface area contributed by atoms with Crippen LogP contribution in [0, 0.1) is 6.92 Å². The first-order valence-electron chi connectivity index (χ1n) is 10.2. The monoisotopic (exact) mass is 445 g/mol. The van der Waals surface area contributed by atoms with Gasteiger partial charge in [0.1, 0.15) is 0 Å². The third-order valence-corrected chi connectivity index (χ3v) is 5.62. The molecular formula is C21H27N5O4S. The van der Waals surface area contributed by atoms with Gasteiger partial charge in [0.2, 0.25) is 5.91 Å². The highest BCUT2D eigenvalue weighted by Gasteiger charge is 2.25. The molecule has 4 amide bonds. The van der Waals surface area contributed by atoms with Crippen LogP contribution < -0.4 is 10.6 Å². The number of rotatable bonds is 6. The van der Waals surface area contributed by atoms with Crippen LogP contribution in [0.3, 0.4) is 0 Å². The van der Waals surface area contributed by atoms with Gasteiger partial charge in [-0.15, -0.1) is 11.3 Å². The van der Waals surface area contributed by atoms with Gasteiger partial charge in [-0.25, -0.2) is 14.6 Å². The van der Waals surface area contributed by atoms with Gasteiger partial charge < -0.3 is 19.9 Å². The molecule has 1 aromatic heterocycles. The minimum Gasteiger partial charge on any atom is -0.450 e. The summed E-state index contributed by atoms with van der Waals surface area (Å²) in [6.07, 6.45) is -0.205. The van der Waals surface area contributed by atoms with Crippen LogP contribution in [0.4, 0.5) is 14.7 Å². The number of anilines is 1. The molecule has 0 unspecified atom stereocenters. The van der Waals surface area contributed by atoms with Crippen molar-refractivity contribution in [1.29, 1.82) is 0 Å². The summed E-state index contributed by atoms with van der Waals surface area (Å²) in [4.78, 5) is 43.9. The standard InChI is InChI=1S/C21H27N5O4S/c1-3-30-21(29)26-10-8-25(9-11-26)20(28)24-19-23-17(14-31-19)12-18(27)22-13-16-6-4-15(2)5-7-16/h4-7,14H,3,8-13H2,1-2H3,(H,22,27)(H,23,24,28). The van der Waals surface area contributed by atoms with Crippen molar-refractivity contribution < 1.29 is 19.1 Å². The van der Waals surface area contributed by atoms with Crippen LogP contribution in [0.5, 0.6) is 0 Å². The van der Waals surface area contributed by atoms with Crippen molar-refractivity contribution in [2.24, 2.45) is 0 Å². The van der Waals surface area contributed by atoms with Gasteiger partial charge in [0.05, 0.1) is 18.7 Å². The van der Waals surface area contributed by atoms with E-state index in [0.717, 1.165) is 5.56 Å². The van der Waals surface area contributed by atoms with Crippen LogP contribution in [0.15, 0.2) is 29.6 Å². The lowest BCUT2D eigenvalue weighted by Crippen LogP contribution is -2.51. The van der Waals surface area contributed by atoms with Gasteiger partial charge in [-0.1, -0.05) is 29.8 Å². The zero-order valence-electron chi connectivity index (χ0n) is 17.7. The fraction of sp³-hybridized carbons (Fsp3) is 0.429. The van der Waals surface area contributed by atoms with Crippen LogP contribution in [0.1, 0.15) is 23.7 Å². The number of hydrogen-bond donors (Lipinski definition) is 2. The van der Waals surface area contributed by atoms with E-state index >= 15 is 0 Å². The SMILES string of the molecule is CCOC(=O)N1CCN(C(=O)Nc2nc(CC(=O)NCc3ccc(C)cc3)cs2)CC1. The summed E-state index contributed by atoms with van der Waals surface area (Å²) in [6.45, 7) is 6.27. The predicted octanol–water partition coefficient (Wildman–Crippen LogP) is 2.62. The van der Waals surface area contributed by atoms with Gasteiger partial charge in [-0.05, 0) is 19.4 Å². The molecule has 1 saturated heterocycles. The Kier molecular flexibility index (Phi) is 7.82. The normalized spacial score (nSPS) is 13.6. The summed E-state index contributed by atoms with van der Waals surface area (Å²) < 4.78 is 4.98. The Morgan fingerprint density at radius 2 is 1.77 bits per heavy atom. The van der Waals surface area contributed by atoms with Crippen LogP contribution in [0.2, 0.25) is 0 Å². The molecule has 3 rings (SSSR count). The fourth-order valence-corrected chi connectivity index (χ4v) is 3.76. The molecule has 2 N–H and O–H groups in total. The van der Waals surface area contributed by atoms with Crippen LogP contribution >= 0.6 is 11.3 Å². The van der Waals surface area contributed by atoms with Crippen molar-refractivity contribution in [3.63, 3.8) is 0 Å². The molecule has 0 saturated carbocycles.